The summed E-state index contributed by atoms with van der Waals surface area (Å²) in [7, 11) is 0. The lowest BCUT2D eigenvalue weighted by atomic mass is 10.2. The summed E-state index contributed by atoms with van der Waals surface area (Å²) in [5.74, 6) is 0.710. The molecule has 0 fully saturated rings. The van der Waals surface area contributed by atoms with Gasteiger partial charge < -0.3 is 9.52 Å². The molecule has 0 saturated carbocycles. The van der Waals surface area contributed by atoms with Crippen LogP contribution in [0.2, 0.25) is 0 Å². The predicted molar refractivity (Wildman–Crippen MR) is 94.9 cm³/mol. The van der Waals surface area contributed by atoms with Crippen LogP contribution >= 0.6 is 0 Å². The van der Waals surface area contributed by atoms with Crippen LogP contribution in [0.1, 0.15) is 5.56 Å². The number of furan rings is 1. The fourth-order valence-corrected chi connectivity index (χ4v) is 2.59. The van der Waals surface area contributed by atoms with E-state index >= 15 is 0 Å². The van der Waals surface area contributed by atoms with E-state index in [1.807, 2.05) is 24.4 Å². The minimum atomic E-state index is -0.644. The summed E-state index contributed by atoms with van der Waals surface area (Å²) in [6.07, 6.45) is 4.85. The first kappa shape index (κ1) is 15.6. The average molecular weight is 348 g/mol. The number of nitro benzene ring substituents is 1. The number of hydrogen-bond donors (Lipinski definition) is 1. The van der Waals surface area contributed by atoms with Crippen molar-refractivity contribution in [2.75, 3.05) is 0 Å². The van der Waals surface area contributed by atoms with E-state index in [1.54, 1.807) is 28.9 Å². The second-order valence-corrected chi connectivity index (χ2v) is 5.45. The van der Waals surface area contributed by atoms with E-state index in [4.69, 9.17) is 4.42 Å². The molecule has 0 saturated heterocycles. The topological polar surface area (TPSA) is 106 Å². The van der Waals surface area contributed by atoms with Gasteiger partial charge in [-0.2, -0.15) is 0 Å². The van der Waals surface area contributed by atoms with Crippen LogP contribution in [-0.4, -0.2) is 25.6 Å². The molecular weight excluding hydrogens is 336 g/mol. The van der Waals surface area contributed by atoms with Crippen LogP contribution in [-0.2, 0) is 0 Å². The Hall–Kier alpha value is -3.94. The summed E-state index contributed by atoms with van der Waals surface area (Å²) in [5, 5.41) is 20.5. The number of hydrogen-bond acceptors (Lipinski definition) is 6. The first-order valence-corrected chi connectivity index (χ1v) is 7.66. The average Bonchev–Trinajstić information content (AvgIpc) is 3.28. The van der Waals surface area contributed by atoms with Crippen molar-refractivity contribution in [3.63, 3.8) is 0 Å². The van der Waals surface area contributed by atoms with Gasteiger partial charge in [0.05, 0.1) is 11.2 Å². The van der Waals surface area contributed by atoms with Gasteiger partial charge in [-0.1, -0.05) is 6.07 Å². The lowest BCUT2D eigenvalue weighted by Gasteiger charge is -1.99. The number of benzene rings is 1. The molecule has 1 aromatic carbocycles. The van der Waals surface area contributed by atoms with Crippen LogP contribution in [0, 0.1) is 10.1 Å². The third-order valence-electron chi connectivity index (χ3n) is 3.79. The number of pyridine rings is 1. The molecule has 3 aromatic heterocycles. The van der Waals surface area contributed by atoms with Gasteiger partial charge in [0.2, 0.25) is 0 Å². The molecule has 1 N–H and O–H groups in total. The van der Waals surface area contributed by atoms with E-state index in [9.17, 15) is 15.2 Å². The molecular formula is C18H12N4O4. The first-order chi connectivity index (χ1) is 12.6. The fraction of sp³-hybridized carbons (Fsp3) is 0. The highest BCUT2D eigenvalue weighted by Gasteiger charge is 2.16. The van der Waals surface area contributed by atoms with Crippen LogP contribution in [0.3, 0.4) is 0 Å². The smallest absolute Gasteiger partial charge is 0.311 e. The highest BCUT2D eigenvalue weighted by Crippen LogP contribution is 2.31. The summed E-state index contributed by atoms with van der Waals surface area (Å²) in [6.45, 7) is 0. The normalized spacial score (nSPS) is 11.4. The van der Waals surface area contributed by atoms with Gasteiger partial charge in [0, 0.05) is 18.5 Å². The van der Waals surface area contributed by atoms with E-state index < -0.39 is 10.7 Å². The lowest BCUT2D eigenvalue weighted by Crippen LogP contribution is -1.91. The number of aromatic hydroxyl groups is 1. The fourth-order valence-electron chi connectivity index (χ4n) is 2.59. The molecule has 0 aliphatic carbocycles. The number of fused-ring (bicyclic) bond motifs is 1. The van der Waals surface area contributed by atoms with Gasteiger partial charge in [-0.25, -0.2) is 9.98 Å². The first-order valence-electron chi connectivity index (χ1n) is 7.66. The van der Waals surface area contributed by atoms with Crippen molar-refractivity contribution in [2.45, 2.75) is 0 Å². The predicted octanol–water partition coefficient (Wildman–Crippen LogP) is 3.96. The second kappa shape index (κ2) is 6.17. The maximum atomic E-state index is 11.0. The molecule has 0 aliphatic heterocycles. The summed E-state index contributed by atoms with van der Waals surface area (Å²) in [4.78, 5) is 19.3. The standard InChI is InChI=1S/C18H12N4O4/c23-14-7-6-12(10-13(14)22(24)25)11-19-18-17(15-4-3-9-26-15)20-16-5-1-2-8-21(16)18/h1-11,23H/b19-11+. The second-order valence-electron chi connectivity index (χ2n) is 5.45. The van der Waals surface area contributed by atoms with E-state index in [0.717, 1.165) is 0 Å². The zero-order valence-corrected chi connectivity index (χ0v) is 13.3. The van der Waals surface area contributed by atoms with E-state index in [2.05, 4.69) is 9.98 Å². The minimum absolute atomic E-state index is 0.377. The van der Waals surface area contributed by atoms with Gasteiger partial charge in [0.15, 0.2) is 23.0 Å². The van der Waals surface area contributed by atoms with Crippen molar-refractivity contribution in [2.24, 2.45) is 4.99 Å². The zero-order chi connectivity index (χ0) is 18.1. The van der Waals surface area contributed by atoms with Gasteiger partial charge in [-0.05, 0) is 42.0 Å². The van der Waals surface area contributed by atoms with Gasteiger partial charge in [-0.15, -0.1) is 0 Å². The number of aromatic nitrogens is 2. The summed E-state index contributed by atoms with van der Waals surface area (Å²) < 4.78 is 7.23. The molecule has 128 valence electrons. The van der Waals surface area contributed by atoms with Crippen molar-refractivity contribution in [1.82, 2.24) is 9.38 Å². The van der Waals surface area contributed by atoms with Gasteiger partial charge in [-0.3, -0.25) is 14.5 Å². The van der Waals surface area contributed by atoms with E-state index in [0.29, 0.717) is 28.5 Å². The Kier molecular flexibility index (Phi) is 3.70. The molecule has 0 atom stereocenters. The van der Waals surface area contributed by atoms with E-state index in [1.165, 1.54) is 18.3 Å². The summed E-state index contributed by atoms with van der Waals surface area (Å²) in [5.41, 5.74) is 1.36. The van der Waals surface area contributed by atoms with Gasteiger partial charge in [0.1, 0.15) is 5.65 Å². The lowest BCUT2D eigenvalue weighted by molar-refractivity contribution is -0.385. The molecule has 8 nitrogen and oxygen atoms in total. The molecule has 0 bridgehead atoms. The molecule has 4 aromatic rings. The number of rotatable bonds is 4. The molecule has 8 heteroatoms. The monoisotopic (exact) mass is 348 g/mol. The summed E-state index contributed by atoms with van der Waals surface area (Å²) in [6, 6.07) is 13.2. The molecule has 0 radical (unpaired) electrons. The van der Waals surface area contributed by atoms with Crippen LogP contribution in [0.4, 0.5) is 11.5 Å². The van der Waals surface area contributed by atoms with Crippen molar-refractivity contribution < 1.29 is 14.4 Å². The maximum Gasteiger partial charge on any atom is 0.311 e. The third-order valence-corrected chi connectivity index (χ3v) is 3.79. The van der Waals surface area contributed by atoms with Crippen molar-refractivity contribution in [3.05, 3.63) is 76.7 Å². The van der Waals surface area contributed by atoms with Crippen molar-refractivity contribution >= 4 is 23.4 Å². The maximum absolute atomic E-state index is 11.0. The van der Waals surface area contributed by atoms with Crippen LogP contribution < -0.4 is 0 Å². The summed E-state index contributed by atoms with van der Waals surface area (Å²) >= 11 is 0. The highest BCUT2D eigenvalue weighted by molar-refractivity contribution is 5.85. The van der Waals surface area contributed by atoms with Crippen molar-refractivity contribution in [1.29, 1.82) is 0 Å². The number of phenols is 1. The molecule has 0 unspecified atom stereocenters. The van der Waals surface area contributed by atoms with Crippen LogP contribution in [0.25, 0.3) is 17.1 Å². The van der Waals surface area contributed by atoms with Crippen LogP contribution in [0.15, 0.2) is 70.4 Å². The Balaban J connectivity index is 1.82. The molecule has 3 heterocycles. The van der Waals surface area contributed by atoms with Crippen molar-refractivity contribution in [3.8, 4) is 17.2 Å². The molecule has 0 spiro atoms. The number of imidazole rings is 1. The Morgan fingerprint density at radius 3 is 2.88 bits per heavy atom. The van der Waals surface area contributed by atoms with Crippen LogP contribution in [0.5, 0.6) is 5.75 Å². The highest BCUT2D eigenvalue weighted by atomic mass is 16.6. The molecule has 26 heavy (non-hydrogen) atoms. The minimum Gasteiger partial charge on any atom is -0.502 e. The Labute approximate surface area is 146 Å². The Morgan fingerprint density at radius 1 is 1.23 bits per heavy atom. The third kappa shape index (κ3) is 2.69. The number of nitrogens with zero attached hydrogens (tertiary/aromatic N) is 4. The van der Waals surface area contributed by atoms with Gasteiger partial charge >= 0.3 is 5.69 Å². The molecule has 4 rings (SSSR count). The number of aliphatic imine (C=N–C) groups is 1. The largest absolute Gasteiger partial charge is 0.502 e. The molecule has 0 aliphatic rings. The van der Waals surface area contributed by atoms with Gasteiger partial charge in [0.25, 0.3) is 0 Å². The molecule has 0 amide bonds. The quantitative estimate of drug-likeness (QED) is 0.341. The SMILES string of the molecule is O=[N+]([O-])c1cc(/C=N/c2c(-c3ccco3)nc3ccccn23)ccc1O. The number of phenolic OH excluding ortho intramolecular Hbond substituents is 1. The number of nitro groups is 1. The van der Waals surface area contributed by atoms with E-state index in [-0.39, 0.29) is 5.69 Å². The zero-order valence-electron chi connectivity index (χ0n) is 13.3. The Bertz CT molecular complexity index is 1130. The Morgan fingerprint density at radius 2 is 2.12 bits per heavy atom.